The fourth-order valence-corrected chi connectivity index (χ4v) is 4.91. The lowest BCUT2D eigenvalue weighted by Gasteiger charge is -2.47. The molecule has 0 bridgehead atoms. The average Bonchev–Trinajstić information content (AvgIpc) is 3.20. The number of rotatable bonds is 8. The summed E-state index contributed by atoms with van der Waals surface area (Å²) in [5.74, 6) is 0.758. The molecule has 0 atom stereocenters. The number of aromatic nitrogens is 2. The second-order valence-corrected chi connectivity index (χ2v) is 9.34. The van der Waals surface area contributed by atoms with E-state index in [0.29, 0.717) is 35.5 Å². The molecule has 5 rings (SSSR count). The van der Waals surface area contributed by atoms with Gasteiger partial charge in [-0.15, -0.1) is 0 Å². The molecule has 3 aromatic rings. The first kappa shape index (κ1) is 22.6. The summed E-state index contributed by atoms with van der Waals surface area (Å²) in [6.45, 7) is 4.16. The van der Waals surface area contributed by atoms with Crippen LogP contribution in [-0.4, -0.2) is 60.6 Å². The third-order valence-corrected chi connectivity index (χ3v) is 6.69. The van der Waals surface area contributed by atoms with Gasteiger partial charge in [-0.2, -0.15) is 0 Å². The molecule has 1 amide bonds. The number of halogens is 2. The highest BCUT2D eigenvalue weighted by molar-refractivity contribution is 6.31. The molecule has 0 unspecified atom stereocenters. The third kappa shape index (κ3) is 4.45. The Hall–Kier alpha value is -3.17. The number of benzene rings is 2. The number of carbonyl (C=O) groups is 1. The summed E-state index contributed by atoms with van der Waals surface area (Å²) in [5, 5.41) is 9.85. The zero-order valence-corrected chi connectivity index (χ0v) is 19.6. The Morgan fingerprint density at radius 1 is 1.26 bits per heavy atom. The van der Waals surface area contributed by atoms with Gasteiger partial charge in [-0.25, -0.2) is 14.4 Å². The fraction of sp³-hybridized carbons (Fsp3) is 0.375. The number of ether oxygens (including phenoxy) is 1. The predicted molar refractivity (Wildman–Crippen MR) is 130 cm³/mol. The summed E-state index contributed by atoms with van der Waals surface area (Å²) in [5.41, 5.74) is 1.88. The minimum atomic E-state index is -0.537. The Morgan fingerprint density at radius 2 is 2.12 bits per heavy atom. The van der Waals surface area contributed by atoms with Crippen LogP contribution in [-0.2, 0) is 4.79 Å². The first-order valence-corrected chi connectivity index (χ1v) is 11.6. The largest absolute Gasteiger partial charge is 0.491 e. The molecule has 34 heavy (non-hydrogen) atoms. The van der Waals surface area contributed by atoms with Crippen molar-refractivity contribution in [2.24, 2.45) is 5.41 Å². The van der Waals surface area contributed by atoms with E-state index in [1.807, 2.05) is 19.2 Å². The number of amides is 1. The Labute approximate surface area is 201 Å². The van der Waals surface area contributed by atoms with E-state index in [9.17, 15) is 9.18 Å². The highest BCUT2D eigenvalue weighted by atomic mass is 35.5. The van der Waals surface area contributed by atoms with Crippen LogP contribution in [0.2, 0.25) is 5.02 Å². The van der Waals surface area contributed by atoms with Gasteiger partial charge >= 0.3 is 0 Å². The van der Waals surface area contributed by atoms with E-state index in [0.717, 1.165) is 38.3 Å². The summed E-state index contributed by atoms with van der Waals surface area (Å²) in [6, 6.07) is 8.52. The predicted octanol–water partition coefficient (Wildman–Crippen LogP) is 3.80. The topological polar surface area (TPSA) is 91.4 Å². The first-order valence-electron chi connectivity index (χ1n) is 11.3. The number of hydrogen-bond acceptors (Lipinski definition) is 7. The van der Waals surface area contributed by atoms with Gasteiger partial charge in [0.15, 0.2) is 5.82 Å². The van der Waals surface area contributed by atoms with Crippen LogP contribution < -0.4 is 20.7 Å². The zero-order chi connectivity index (χ0) is 23.7. The van der Waals surface area contributed by atoms with E-state index in [4.69, 9.17) is 16.3 Å². The van der Waals surface area contributed by atoms with Crippen LogP contribution in [0.15, 0.2) is 36.7 Å². The van der Waals surface area contributed by atoms with Crippen molar-refractivity contribution >= 4 is 45.6 Å². The summed E-state index contributed by atoms with van der Waals surface area (Å²) >= 11 is 5.91. The van der Waals surface area contributed by atoms with Crippen molar-refractivity contribution in [1.82, 2.24) is 20.2 Å². The molecular formula is C24H26ClFN6O2. The average molecular weight is 485 g/mol. The summed E-state index contributed by atoms with van der Waals surface area (Å²) in [7, 11) is 1.83. The normalized spacial score (nSPS) is 17.0. The molecule has 8 nitrogen and oxygen atoms in total. The molecule has 0 aliphatic carbocycles. The van der Waals surface area contributed by atoms with Gasteiger partial charge in [-0.05, 0) is 30.7 Å². The number of nitrogens with one attached hydrogen (secondary N) is 3. The molecule has 10 heteroatoms. The standard InChI is InChI=1S/C24H26ClFN6O2/c1-27-19-9-18-15(23(30-14-29-18)31-17-5-2-4-16(25)22(17)26)8-20(19)34-7-3-6-32-12-24(13-32)10-21(33)28-11-24/h2,4-5,8-9,14,27H,3,6-7,10-13H2,1H3,(H,28,33)(H,29,30,31). The Bertz CT molecular complexity index is 1230. The molecule has 0 saturated carbocycles. The Balaban J connectivity index is 1.26. The molecule has 2 aromatic carbocycles. The van der Waals surface area contributed by atoms with E-state index >= 15 is 0 Å². The van der Waals surface area contributed by atoms with Crippen molar-refractivity contribution in [2.75, 3.05) is 50.5 Å². The molecule has 3 heterocycles. The zero-order valence-electron chi connectivity index (χ0n) is 18.8. The molecule has 1 spiro atoms. The van der Waals surface area contributed by atoms with Crippen molar-refractivity contribution in [3.8, 4) is 5.75 Å². The summed E-state index contributed by atoms with van der Waals surface area (Å²) in [6.07, 6.45) is 2.93. The summed E-state index contributed by atoms with van der Waals surface area (Å²) < 4.78 is 20.5. The highest BCUT2D eigenvalue weighted by Gasteiger charge is 2.47. The lowest BCUT2D eigenvalue weighted by atomic mass is 9.79. The molecule has 3 N–H and O–H groups in total. The van der Waals surface area contributed by atoms with Crippen molar-refractivity contribution in [3.05, 3.63) is 47.5 Å². The van der Waals surface area contributed by atoms with Crippen molar-refractivity contribution in [1.29, 1.82) is 0 Å². The van der Waals surface area contributed by atoms with E-state index in [1.165, 1.54) is 12.4 Å². The number of fused-ring (bicyclic) bond motifs is 1. The number of anilines is 3. The Morgan fingerprint density at radius 3 is 2.88 bits per heavy atom. The monoisotopic (exact) mass is 484 g/mol. The molecular weight excluding hydrogens is 459 g/mol. The van der Waals surface area contributed by atoms with Gasteiger partial charge in [0.2, 0.25) is 5.91 Å². The number of likely N-dealkylation sites (tertiary alicyclic amines) is 1. The molecule has 1 aromatic heterocycles. The maximum atomic E-state index is 14.4. The first-order chi connectivity index (χ1) is 16.5. The van der Waals surface area contributed by atoms with Crippen LogP contribution in [0.4, 0.5) is 21.6 Å². The third-order valence-electron chi connectivity index (χ3n) is 6.40. The second kappa shape index (κ2) is 9.23. The summed E-state index contributed by atoms with van der Waals surface area (Å²) in [4.78, 5) is 22.5. The van der Waals surface area contributed by atoms with Crippen LogP contribution in [0.1, 0.15) is 12.8 Å². The maximum absolute atomic E-state index is 14.4. The van der Waals surface area contributed by atoms with E-state index in [2.05, 4.69) is 30.8 Å². The molecule has 2 aliphatic rings. The van der Waals surface area contributed by atoms with Gasteiger partial charge in [0, 0.05) is 50.4 Å². The molecule has 178 valence electrons. The van der Waals surface area contributed by atoms with Crippen molar-refractivity contribution < 1.29 is 13.9 Å². The van der Waals surface area contributed by atoms with Gasteiger partial charge in [0.05, 0.1) is 28.5 Å². The fourth-order valence-electron chi connectivity index (χ4n) is 4.73. The molecule has 2 aliphatic heterocycles. The molecule has 2 saturated heterocycles. The Kier molecular flexibility index (Phi) is 6.14. The lowest BCUT2D eigenvalue weighted by molar-refractivity contribution is -0.120. The number of nitrogens with zero attached hydrogens (tertiary/aromatic N) is 3. The van der Waals surface area contributed by atoms with E-state index in [1.54, 1.807) is 12.1 Å². The van der Waals surface area contributed by atoms with Gasteiger partial charge in [-0.1, -0.05) is 17.7 Å². The van der Waals surface area contributed by atoms with Gasteiger partial charge in [-0.3, -0.25) is 4.79 Å². The lowest BCUT2D eigenvalue weighted by Crippen LogP contribution is -2.57. The molecule has 2 fully saturated rings. The highest BCUT2D eigenvalue weighted by Crippen LogP contribution is 2.37. The van der Waals surface area contributed by atoms with Gasteiger partial charge in [0.1, 0.15) is 17.9 Å². The number of carbonyl (C=O) groups excluding carboxylic acids is 1. The minimum Gasteiger partial charge on any atom is -0.491 e. The minimum absolute atomic E-state index is 0.0359. The maximum Gasteiger partial charge on any atom is 0.220 e. The SMILES string of the molecule is CNc1cc2ncnc(Nc3cccc(Cl)c3F)c2cc1OCCCN1CC2(CNC(=O)C2)C1. The van der Waals surface area contributed by atoms with Crippen LogP contribution in [0.5, 0.6) is 5.75 Å². The second-order valence-electron chi connectivity index (χ2n) is 8.93. The van der Waals surface area contributed by atoms with Crippen LogP contribution in [0, 0.1) is 11.2 Å². The van der Waals surface area contributed by atoms with E-state index < -0.39 is 5.82 Å². The van der Waals surface area contributed by atoms with Crippen LogP contribution >= 0.6 is 11.6 Å². The van der Waals surface area contributed by atoms with Crippen LogP contribution in [0.25, 0.3) is 10.9 Å². The molecule has 0 radical (unpaired) electrons. The van der Waals surface area contributed by atoms with Crippen LogP contribution in [0.3, 0.4) is 0 Å². The van der Waals surface area contributed by atoms with E-state index in [-0.39, 0.29) is 22.0 Å². The van der Waals surface area contributed by atoms with Gasteiger partial charge in [0.25, 0.3) is 0 Å². The van der Waals surface area contributed by atoms with Crippen molar-refractivity contribution in [2.45, 2.75) is 12.8 Å². The number of hydrogen-bond donors (Lipinski definition) is 3. The quantitative estimate of drug-likeness (QED) is 0.419. The van der Waals surface area contributed by atoms with Crippen molar-refractivity contribution in [3.63, 3.8) is 0 Å². The van der Waals surface area contributed by atoms with Gasteiger partial charge < -0.3 is 25.6 Å². The smallest absolute Gasteiger partial charge is 0.220 e.